The monoisotopic (exact) mass is 581 g/mol. The van der Waals surface area contributed by atoms with Gasteiger partial charge in [-0.2, -0.15) is 0 Å². The van der Waals surface area contributed by atoms with E-state index in [0.29, 0.717) is 17.7 Å². The average Bonchev–Trinajstić information content (AvgIpc) is 3.29. The molecule has 1 saturated heterocycles. The number of benzene rings is 3. The zero-order valence-corrected chi connectivity index (χ0v) is 24.6. The van der Waals surface area contributed by atoms with Crippen molar-refractivity contribution in [3.05, 3.63) is 125 Å². The highest BCUT2D eigenvalue weighted by molar-refractivity contribution is 7.99. The van der Waals surface area contributed by atoms with Crippen LogP contribution in [-0.2, 0) is 5.41 Å². The highest BCUT2D eigenvalue weighted by Gasteiger charge is 2.46. The summed E-state index contributed by atoms with van der Waals surface area (Å²) in [6, 6.07) is 21.8. The van der Waals surface area contributed by atoms with E-state index in [-0.39, 0.29) is 23.0 Å². The summed E-state index contributed by atoms with van der Waals surface area (Å²) in [4.78, 5) is 24.4. The molecule has 0 radical (unpaired) electrons. The summed E-state index contributed by atoms with van der Waals surface area (Å²) in [5, 5.41) is 0. The molecule has 0 bridgehead atoms. The van der Waals surface area contributed by atoms with Gasteiger partial charge in [-0.15, -0.1) is 0 Å². The summed E-state index contributed by atoms with van der Waals surface area (Å²) in [7, 11) is 0. The van der Waals surface area contributed by atoms with Gasteiger partial charge in [-0.3, -0.25) is 14.7 Å². The fraction of sp³-hybridized carbons (Fsp3) is 0.257. The van der Waals surface area contributed by atoms with Crippen LogP contribution in [0.3, 0.4) is 0 Å². The molecule has 7 heteroatoms. The zero-order chi connectivity index (χ0) is 29.3. The van der Waals surface area contributed by atoms with Crippen molar-refractivity contribution < 1.29 is 13.6 Å². The molecule has 42 heavy (non-hydrogen) atoms. The predicted molar refractivity (Wildman–Crippen MR) is 165 cm³/mol. The van der Waals surface area contributed by atoms with E-state index in [9.17, 15) is 13.6 Å². The van der Waals surface area contributed by atoms with Gasteiger partial charge in [-0.1, -0.05) is 36.0 Å². The highest BCUT2D eigenvalue weighted by Crippen LogP contribution is 2.49. The lowest BCUT2D eigenvalue weighted by atomic mass is 9.74. The number of piperidine rings is 1. The summed E-state index contributed by atoms with van der Waals surface area (Å²) < 4.78 is 27.8. The van der Waals surface area contributed by atoms with Gasteiger partial charge in [0.2, 0.25) is 0 Å². The number of aromatic nitrogens is 1. The standard InChI is InChI=1S/C35H33F2N3OS/c1-24-5-6-26(32(37)20-24)4-3-17-39-18-14-35(15-19-39)23-40(34(41)27-13-16-38-25(2)21-27)33-12-11-30(22-31(33)35)42-29-9-7-28(36)8-10-29/h3-13,16,20-22H,14-15,17-19,23H2,1-2H3/b4-3+. The maximum absolute atomic E-state index is 14.3. The molecule has 0 unspecified atom stereocenters. The van der Waals surface area contributed by atoms with Crippen molar-refractivity contribution in [1.29, 1.82) is 0 Å². The lowest BCUT2D eigenvalue weighted by molar-refractivity contribution is 0.0977. The zero-order valence-electron chi connectivity index (χ0n) is 23.8. The van der Waals surface area contributed by atoms with Gasteiger partial charge in [-0.25, -0.2) is 8.78 Å². The third kappa shape index (κ3) is 5.90. The summed E-state index contributed by atoms with van der Waals surface area (Å²) in [5.41, 5.74) is 4.97. The van der Waals surface area contributed by atoms with Crippen molar-refractivity contribution >= 4 is 29.4 Å². The van der Waals surface area contributed by atoms with Crippen molar-refractivity contribution in [3.63, 3.8) is 0 Å². The number of carbonyl (C=O) groups excluding carboxylic acids is 1. The van der Waals surface area contributed by atoms with Gasteiger partial charge in [-0.05, 0) is 112 Å². The number of nitrogens with zero attached hydrogens (tertiary/aromatic N) is 3. The van der Waals surface area contributed by atoms with Crippen molar-refractivity contribution in [2.45, 2.75) is 41.9 Å². The van der Waals surface area contributed by atoms with Gasteiger partial charge in [0, 0.05) is 57.0 Å². The molecule has 0 N–H and O–H groups in total. The Kier molecular flexibility index (Phi) is 7.97. The molecule has 214 valence electrons. The minimum Gasteiger partial charge on any atom is -0.307 e. The first kappa shape index (κ1) is 28.3. The van der Waals surface area contributed by atoms with Crippen molar-refractivity contribution in [2.75, 3.05) is 31.1 Å². The van der Waals surface area contributed by atoms with E-state index in [2.05, 4.69) is 22.0 Å². The third-order valence-corrected chi connectivity index (χ3v) is 9.36. The second-order valence-electron chi connectivity index (χ2n) is 11.3. The molecule has 0 aliphatic carbocycles. The largest absolute Gasteiger partial charge is 0.307 e. The number of rotatable bonds is 6. The topological polar surface area (TPSA) is 36.4 Å². The molecule has 0 saturated carbocycles. The molecule has 6 rings (SSSR count). The van der Waals surface area contributed by atoms with Gasteiger partial charge < -0.3 is 4.90 Å². The molecular weight excluding hydrogens is 548 g/mol. The predicted octanol–water partition coefficient (Wildman–Crippen LogP) is 7.84. The second kappa shape index (κ2) is 11.8. The van der Waals surface area contributed by atoms with Crippen molar-refractivity contribution in [3.8, 4) is 0 Å². The van der Waals surface area contributed by atoms with Gasteiger partial charge in [0.25, 0.3) is 5.91 Å². The van der Waals surface area contributed by atoms with Crippen LogP contribution in [0.1, 0.15) is 45.6 Å². The molecule has 1 amide bonds. The number of fused-ring (bicyclic) bond motifs is 2. The van der Waals surface area contributed by atoms with Crippen LogP contribution in [0.15, 0.2) is 94.9 Å². The normalized spacial score (nSPS) is 16.3. The first-order chi connectivity index (χ1) is 20.3. The summed E-state index contributed by atoms with van der Waals surface area (Å²) in [6.07, 6.45) is 7.41. The molecule has 0 atom stereocenters. The molecule has 1 aromatic heterocycles. The Morgan fingerprint density at radius 3 is 2.45 bits per heavy atom. The number of hydrogen-bond donors (Lipinski definition) is 0. The molecule has 2 aliphatic heterocycles. The van der Waals surface area contributed by atoms with Crippen LogP contribution in [0.4, 0.5) is 14.5 Å². The third-order valence-electron chi connectivity index (χ3n) is 8.36. The SMILES string of the molecule is Cc1ccc(/C=C/CN2CCC3(CC2)CN(C(=O)c2ccnc(C)c2)c2ccc(Sc4ccc(F)cc4)cc23)c(F)c1. The Bertz CT molecular complexity index is 1640. The van der Waals surface area contributed by atoms with Gasteiger partial charge >= 0.3 is 0 Å². The minimum absolute atomic E-state index is 0.0111. The smallest absolute Gasteiger partial charge is 0.258 e. The molecular formula is C35H33F2N3OS. The number of likely N-dealkylation sites (tertiary alicyclic amines) is 1. The first-order valence-corrected chi connectivity index (χ1v) is 15.1. The van der Waals surface area contributed by atoms with Crippen LogP contribution in [0.5, 0.6) is 0 Å². The van der Waals surface area contributed by atoms with E-state index < -0.39 is 0 Å². The maximum atomic E-state index is 14.3. The lowest BCUT2D eigenvalue weighted by Crippen LogP contribution is -2.46. The summed E-state index contributed by atoms with van der Waals surface area (Å²) in [5.74, 6) is -0.462. The first-order valence-electron chi connectivity index (χ1n) is 14.3. The number of hydrogen-bond acceptors (Lipinski definition) is 4. The minimum atomic E-state index is -0.252. The number of anilines is 1. The molecule has 3 aromatic carbocycles. The van der Waals surface area contributed by atoms with Crippen molar-refractivity contribution in [1.82, 2.24) is 9.88 Å². The Labute approximate surface area is 250 Å². The van der Waals surface area contributed by atoms with Crippen LogP contribution >= 0.6 is 11.8 Å². The van der Waals surface area contributed by atoms with Crippen LogP contribution in [-0.4, -0.2) is 42.0 Å². The Hall–Kier alpha value is -3.81. The number of amides is 1. The lowest BCUT2D eigenvalue weighted by Gasteiger charge is -2.39. The van der Waals surface area contributed by atoms with Gasteiger partial charge in [0.1, 0.15) is 11.6 Å². The van der Waals surface area contributed by atoms with Crippen LogP contribution in [0, 0.1) is 25.5 Å². The van der Waals surface area contributed by atoms with Gasteiger partial charge in [0.15, 0.2) is 0 Å². The maximum Gasteiger partial charge on any atom is 0.258 e. The number of pyridine rings is 1. The quantitative estimate of drug-likeness (QED) is 0.233. The summed E-state index contributed by atoms with van der Waals surface area (Å²) >= 11 is 1.60. The van der Waals surface area contributed by atoms with Crippen LogP contribution in [0.2, 0.25) is 0 Å². The Morgan fingerprint density at radius 2 is 1.71 bits per heavy atom. The molecule has 3 heterocycles. The second-order valence-corrected chi connectivity index (χ2v) is 12.5. The fourth-order valence-corrected chi connectivity index (χ4v) is 6.91. The number of carbonyl (C=O) groups is 1. The molecule has 2 aliphatic rings. The van der Waals surface area contributed by atoms with Crippen LogP contribution < -0.4 is 4.90 Å². The van der Waals surface area contributed by atoms with Crippen LogP contribution in [0.25, 0.3) is 6.08 Å². The molecule has 1 spiro atoms. The van der Waals surface area contributed by atoms with E-state index >= 15 is 0 Å². The molecule has 4 nitrogen and oxygen atoms in total. The van der Waals surface area contributed by atoms with E-state index in [4.69, 9.17) is 0 Å². The van der Waals surface area contributed by atoms with Crippen molar-refractivity contribution in [2.24, 2.45) is 0 Å². The highest BCUT2D eigenvalue weighted by atomic mass is 32.2. The Morgan fingerprint density at radius 1 is 0.952 bits per heavy atom. The van der Waals surface area contributed by atoms with E-state index in [1.807, 2.05) is 55.2 Å². The van der Waals surface area contributed by atoms with E-state index in [1.165, 1.54) is 17.7 Å². The number of aryl methyl sites for hydroxylation is 2. The van der Waals surface area contributed by atoms with E-state index in [1.54, 1.807) is 42.2 Å². The fourth-order valence-electron chi connectivity index (χ4n) is 6.05. The molecule has 1 fully saturated rings. The number of halogens is 2. The summed E-state index contributed by atoms with van der Waals surface area (Å²) in [6.45, 7) is 6.92. The van der Waals surface area contributed by atoms with E-state index in [0.717, 1.165) is 59.2 Å². The molecule has 4 aromatic rings. The average molecular weight is 582 g/mol. The van der Waals surface area contributed by atoms with Gasteiger partial charge in [0.05, 0.1) is 0 Å². The Balaban J connectivity index is 1.24.